The van der Waals surface area contributed by atoms with Crippen molar-refractivity contribution in [2.24, 2.45) is 0 Å². The van der Waals surface area contributed by atoms with E-state index in [1.807, 2.05) is 30.0 Å². The molecule has 0 saturated carbocycles. The second-order valence-electron chi connectivity index (χ2n) is 10.8. The highest BCUT2D eigenvalue weighted by Gasteiger charge is 2.24. The first-order valence-corrected chi connectivity index (χ1v) is 15.8. The molecule has 48 heavy (non-hydrogen) atoms. The number of nitrogens with zero attached hydrogens (tertiary/aromatic N) is 9. The summed E-state index contributed by atoms with van der Waals surface area (Å²) in [5, 5.41) is 5.43. The minimum absolute atomic E-state index is 0.0564. The summed E-state index contributed by atoms with van der Waals surface area (Å²) >= 11 is 0. The van der Waals surface area contributed by atoms with Gasteiger partial charge < -0.3 is 44.6 Å². The Kier molecular flexibility index (Phi) is 10.8. The highest BCUT2D eigenvalue weighted by Crippen LogP contribution is 2.33. The molecule has 1 fully saturated rings. The maximum Gasteiger partial charge on any atom is 0.292 e. The molecule has 17 heteroatoms. The van der Waals surface area contributed by atoms with E-state index < -0.39 is 0 Å². The van der Waals surface area contributed by atoms with E-state index in [2.05, 4.69) is 29.8 Å². The number of oxazole rings is 1. The second-order valence-corrected chi connectivity index (χ2v) is 10.8. The molecule has 5 heterocycles. The number of ether oxygens (including phenoxy) is 4. The van der Waals surface area contributed by atoms with Crippen molar-refractivity contribution < 1.29 is 28.2 Å². The molecule has 0 radical (unpaired) electrons. The van der Waals surface area contributed by atoms with Crippen LogP contribution in [0.1, 0.15) is 13.3 Å². The van der Waals surface area contributed by atoms with Crippen molar-refractivity contribution in [2.75, 3.05) is 95.4 Å². The maximum atomic E-state index is 12.8. The van der Waals surface area contributed by atoms with Crippen molar-refractivity contribution >= 4 is 45.7 Å². The molecule has 4 N–H and O–H groups in total. The summed E-state index contributed by atoms with van der Waals surface area (Å²) in [5.41, 5.74) is 15.0. The van der Waals surface area contributed by atoms with E-state index in [0.29, 0.717) is 125 Å². The van der Waals surface area contributed by atoms with Crippen LogP contribution in [0.2, 0.25) is 0 Å². The number of rotatable bonds is 16. The van der Waals surface area contributed by atoms with E-state index in [1.165, 1.54) is 12.7 Å². The number of carbonyl (C=O) groups excluding carboxylic acids is 1. The van der Waals surface area contributed by atoms with Gasteiger partial charge in [0.05, 0.1) is 58.1 Å². The molecule has 254 valence electrons. The van der Waals surface area contributed by atoms with Crippen LogP contribution < -0.4 is 16.4 Å². The first-order chi connectivity index (χ1) is 23.5. The number of piperazine rings is 1. The molecule has 0 bridgehead atoms. The third-order valence-electron chi connectivity index (χ3n) is 7.76. The van der Waals surface area contributed by atoms with Gasteiger partial charge in [-0.1, -0.05) is 0 Å². The number of nitrogens with two attached hydrogens (primary N) is 2. The first kappa shape index (κ1) is 33.0. The van der Waals surface area contributed by atoms with E-state index in [-0.39, 0.29) is 17.7 Å². The molecule has 1 saturated heterocycles. The third-order valence-corrected chi connectivity index (χ3v) is 7.76. The molecule has 0 spiro atoms. The molecule has 1 aliphatic heterocycles. The molecule has 17 nitrogen and oxygen atoms in total. The summed E-state index contributed by atoms with van der Waals surface area (Å²) < 4.78 is 28.7. The molecule has 0 atom stereocenters. The van der Waals surface area contributed by atoms with E-state index in [0.717, 1.165) is 5.56 Å². The largest absolute Gasteiger partial charge is 0.424 e. The van der Waals surface area contributed by atoms with Gasteiger partial charge in [-0.05, 0) is 25.1 Å². The predicted octanol–water partition coefficient (Wildman–Crippen LogP) is 1.70. The molecular formula is C31H39N11O6. The lowest BCUT2D eigenvalue weighted by molar-refractivity contribution is -0.132. The third kappa shape index (κ3) is 7.76. The predicted molar refractivity (Wildman–Crippen MR) is 176 cm³/mol. The number of carbonyl (C=O) groups is 1. The Morgan fingerprint density at radius 2 is 1.52 bits per heavy atom. The van der Waals surface area contributed by atoms with E-state index in [4.69, 9.17) is 39.9 Å². The fourth-order valence-corrected chi connectivity index (χ4v) is 5.36. The molecular weight excluding hydrogens is 622 g/mol. The maximum absolute atomic E-state index is 12.8. The second kappa shape index (κ2) is 15.7. The molecule has 1 amide bonds. The standard InChI is InChI=1S/C31H39N11O6/c1-2-44-11-12-46-15-16-47-14-13-45-10-5-26(43)41-8-6-40(7-9-41)24-18-25(35-19-34-24)42-30-27(29(32)36-20-37-30)28(39-42)21-3-4-23-22(17-21)38-31(33)48-23/h3-4,17-20H,2,5-16H2,1H3,(H2,33,38)(H2,32,36,37). The minimum atomic E-state index is 0.0564. The van der Waals surface area contributed by atoms with Crippen LogP contribution in [0.25, 0.3) is 39.2 Å². The van der Waals surface area contributed by atoms with Crippen molar-refractivity contribution in [3.05, 3.63) is 36.9 Å². The topological polar surface area (TPSA) is 208 Å². The molecule has 0 aliphatic carbocycles. The van der Waals surface area contributed by atoms with Gasteiger partial charge in [0.25, 0.3) is 6.01 Å². The van der Waals surface area contributed by atoms with Crippen molar-refractivity contribution in [1.29, 1.82) is 0 Å². The van der Waals surface area contributed by atoms with Gasteiger partial charge in [0.15, 0.2) is 17.0 Å². The monoisotopic (exact) mass is 661 g/mol. The molecule has 5 aromatic rings. The van der Waals surface area contributed by atoms with Crippen LogP contribution in [0.4, 0.5) is 17.7 Å². The van der Waals surface area contributed by atoms with Crippen molar-refractivity contribution in [3.8, 4) is 17.1 Å². The van der Waals surface area contributed by atoms with Crippen LogP contribution in [0.3, 0.4) is 0 Å². The van der Waals surface area contributed by atoms with Crippen molar-refractivity contribution in [3.63, 3.8) is 0 Å². The SMILES string of the molecule is CCOCCOCCOCCOCCC(=O)N1CCN(c2cc(-n3nc(-c4ccc5oc(N)nc5c4)c4c(N)ncnc43)ncn2)CC1. The van der Waals surface area contributed by atoms with Crippen molar-refractivity contribution in [2.45, 2.75) is 13.3 Å². The molecule has 1 aromatic carbocycles. The fourth-order valence-electron chi connectivity index (χ4n) is 5.36. The number of hydrogen-bond donors (Lipinski definition) is 2. The lowest BCUT2D eigenvalue weighted by atomic mass is 10.1. The van der Waals surface area contributed by atoms with Gasteiger partial charge in [0.1, 0.15) is 35.5 Å². The van der Waals surface area contributed by atoms with Crippen LogP contribution in [0, 0.1) is 0 Å². The van der Waals surface area contributed by atoms with Crippen LogP contribution in [0.5, 0.6) is 0 Å². The Bertz CT molecular complexity index is 1820. The number of aromatic nitrogens is 7. The summed E-state index contributed by atoms with van der Waals surface area (Å²) in [5.74, 6) is 1.56. The summed E-state index contributed by atoms with van der Waals surface area (Å²) in [6, 6.07) is 7.38. The Hall–Kier alpha value is -4.97. The Balaban J connectivity index is 1.02. The van der Waals surface area contributed by atoms with E-state index in [9.17, 15) is 4.79 Å². The van der Waals surface area contributed by atoms with Crippen LogP contribution in [-0.2, 0) is 23.7 Å². The number of nitrogen functional groups attached to an aromatic ring is 2. The molecule has 0 unspecified atom stereocenters. The van der Waals surface area contributed by atoms with Gasteiger partial charge in [-0.2, -0.15) is 14.8 Å². The quantitative estimate of drug-likeness (QED) is 0.144. The zero-order chi connectivity index (χ0) is 33.3. The van der Waals surface area contributed by atoms with Crippen LogP contribution >= 0.6 is 0 Å². The zero-order valence-electron chi connectivity index (χ0n) is 26.8. The lowest BCUT2D eigenvalue weighted by Gasteiger charge is -2.35. The van der Waals surface area contributed by atoms with Crippen molar-refractivity contribution in [1.82, 2.24) is 39.6 Å². The summed E-state index contributed by atoms with van der Waals surface area (Å²) in [6.45, 7) is 8.37. The number of hydrogen-bond acceptors (Lipinski definition) is 15. The first-order valence-electron chi connectivity index (χ1n) is 15.8. The van der Waals surface area contributed by atoms with Gasteiger partial charge in [-0.15, -0.1) is 0 Å². The Morgan fingerprint density at radius 3 is 2.27 bits per heavy atom. The van der Waals surface area contributed by atoms with Crippen LogP contribution in [-0.4, -0.2) is 125 Å². The average molecular weight is 662 g/mol. The lowest BCUT2D eigenvalue weighted by Crippen LogP contribution is -2.49. The number of benzene rings is 1. The fraction of sp³-hybridized carbons (Fsp3) is 0.452. The molecule has 1 aliphatic rings. The van der Waals surface area contributed by atoms with E-state index in [1.54, 1.807) is 10.7 Å². The summed E-state index contributed by atoms with van der Waals surface area (Å²) in [6.07, 6.45) is 3.19. The van der Waals surface area contributed by atoms with Gasteiger partial charge >= 0.3 is 0 Å². The zero-order valence-corrected chi connectivity index (χ0v) is 26.8. The van der Waals surface area contributed by atoms with Gasteiger partial charge in [-0.3, -0.25) is 4.79 Å². The average Bonchev–Trinajstić information content (AvgIpc) is 3.69. The highest BCUT2D eigenvalue weighted by molar-refractivity contribution is 6.00. The normalized spacial score (nSPS) is 13.6. The van der Waals surface area contributed by atoms with Gasteiger partial charge in [-0.25, -0.2) is 19.9 Å². The summed E-state index contributed by atoms with van der Waals surface area (Å²) in [7, 11) is 0. The smallest absolute Gasteiger partial charge is 0.292 e. The number of amides is 1. The van der Waals surface area contributed by atoms with Crippen LogP contribution in [0.15, 0.2) is 41.3 Å². The Labute approximate surface area is 276 Å². The Morgan fingerprint density at radius 1 is 0.833 bits per heavy atom. The van der Waals surface area contributed by atoms with Gasteiger partial charge in [0, 0.05) is 44.4 Å². The molecule has 6 rings (SSSR count). The highest BCUT2D eigenvalue weighted by atomic mass is 16.6. The minimum Gasteiger partial charge on any atom is -0.424 e. The number of fused-ring (bicyclic) bond motifs is 2. The number of anilines is 3. The molecule has 4 aromatic heterocycles. The van der Waals surface area contributed by atoms with Gasteiger partial charge in [0.2, 0.25) is 5.91 Å². The van der Waals surface area contributed by atoms with E-state index >= 15 is 0 Å². The summed E-state index contributed by atoms with van der Waals surface area (Å²) in [4.78, 5) is 38.7.